The second kappa shape index (κ2) is 8.64. The highest BCUT2D eigenvalue weighted by Crippen LogP contribution is 2.32. The first-order valence-electron chi connectivity index (χ1n) is 8.81. The van der Waals surface area contributed by atoms with Crippen molar-refractivity contribution in [1.29, 1.82) is 0 Å². The molecule has 0 radical (unpaired) electrons. The van der Waals surface area contributed by atoms with E-state index < -0.39 is 0 Å². The molecule has 0 atom stereocenters. The molecule has 0 bridgehead atoms. The number of hydrogen-bond donors (Lipinski definition) is 0. The van der Waals surface area contributed by atoms with Crippen LogP contribution in [0.2, 0.25) is 0 Å². The highest BCUT2D eigenvalue weighted by Gasteiger charge is 2.34. The van der Waals surface area contributed by atoms with Gasteiger partial charge in [-0.15, -0.1) is 0 Å². The summed E-state index contributed by atoms with van der Waals surface area (Å²) in [4.78, 5) is 29.0. The summed E-state index contributed by atoms with van der Waals surface area (Å²) < 4.78 is 0.458. The van der Waals surface area contributed by atoms with Crippen LogP contribution < -0.4 is 0 Å². The molecule has 2 amide bonds. The number of nitrogens with zero attached hydrogens (tertiary/aromatic N) is 2. The maximum atomic E-state index is 12.7. The molecular weight excluding hydrogens is 364 g/mol. The molecule has 2 aliphatic heterocycles. The minimum Gasteiger partial charge on any atom is -0.341 e. The first-order chi connectivity index (χ1) is 12.5. The van der Waals surface area contributed by atoms with Crippen molar-refractivity contribution >= 4 is 46.2 Å². The molecule has 6 heteroatoms. The van der Waals surface area contributed by atoms with Crippen LogP contribution in [0.3, 0.4) is 0 Å². The summed E-state index contributed by atoms with van der Waals surface area (Å²) >= 11 is 6.60. The lowest BCUT2D eigenvalue weighted by Crippen LogP contribution is -2.44. The molecule has 0 unspecified atom stereocenters. The number of allylic oxidation sites excluding steroid dienone is 2. The number of carbonyl (C=O) groups excluding carboxylic acids is 2. The lowest BCUT2D eigenvalue weighted by molar-refractivity contribution is -0.136. The summed E-state index contributed by atoms with van der Waals surface area (Å²) in [7, 11) is 0. The van der Waals surface area contributed by atoms with Crippen molar-refractivity contribution in [3.63, 3.8) is 0 Å². The lowest BCUT2D eigenvalue weighted by Gasteiger charge is -2.28. The maximum Gasteiger partial charge on any atom is 0.266 e. The third kappa shape index (κ3) is 4.62. The molecule has 2 saturated heterocycles. The van der Waals surface area contributed by atoms with E-state index in [9.17, 15) is 9.59 Å². The molecule has 0 N–H and O–H groups in total. The fraction of sp³-hybridized carbons (Fsp3) is 0.350. The van der Waals surface area contributed by atoms with Crippen LogP contribution in [0, 0.1) is 0 Å². The quantitative estimate of drug-likeness (QED) is 0.582. The Hall–Kier alpha value is -1.92. The highest BCUT2D eigenvalue weighted by atomic mass is 32.2. The van der Waals surface area contributed by atoms with Crippen LogP contribution in [0.1, 0.15) is 31.7 Å². The van der Waals surface area contributed by atoms with Gasteiger partial charge in [0.2, 0.25) is 5.91 Å². The zero-order chi connectivity index (χ0) is 18.5. The van der Waals surface area contributed by atoms with Gasteiger partial charge in [0.05, 0.1) is 4.91 Å². The summed E-state index contributed by atoms with van der Waals surface area (Å²) in [5, 5.41) is 0. The third-order valence-electron chi connectivity index (χ3n) is 4.43. The first kappa shape index (κ1) is 18.9. The van der Waals surface area contributed by atoms with Crippen molar-refractivity contribution < 1.29 is 9.59 Å². The molecule has 1 aromatic carbocycles. The Morgan fingerprint density at radius 3 is 2.58 bits per heavy atom. The molecule has 2 aliphatic rings. The second-order valence-electron chi connectivity index (χ2n) is 6.51. The van der Waals surface area contributed by atoms with E-state index in [1.54, 1.807) is 0 Å². The normalized spacial score (nSPS) is 20.2. The van der Waals surface area contributed by atoms with E-state index in [-0.39, 0.29) is 18.4 Å². The number of thioether (sulfide) groups is 1. The van der Waals surface area contributed by atoms with Gasteiger partial charge < -0.3 is 4.90 Å². The van der Waals surface area contributed by atoms with Crippen LogP contribution in [-0.4, -0.2) is 45.6 Å². The molecule has 26 heavy (non-hydrogen) atoms. The number of likely N-dealkylation sites (tertiary alicyclic amines) is 1. The van der Waals surface area contributed by atoms with Gasteiger partial charge in [-0.3, -0.25) is 14.5 Å². The predicted molar refractivity (Wildman–Crippen MR) is 111 cm³/mol. The Kier molecular flexibility index (Phi) is 6.27. The van der Waals surface area contributed by atoms with E-state index in [4.69, 9.17) is 12.2 Å². The third-order valence-corrected chi connectivity index (χ3v) is 5.81. The van der Waals surface area contributed by atoms with E-state index in [1.807, 2.05) is 54.3 Å². The van der Waals surface area contributed by atoms with Gasteiger partial charge in [-0.25, -0.2) is 0 Å². The van der Waals surface area contributed by atoms with E-state index in [0.717, 1.165) is 37.1 Å². The van der Waals surface area contributed by atoms with Gasteiger partial charge in [0, 0.05) is 13.1 Å². The largest absolute Gasteiger partial charge is 0.341 e. The van der Waals surface area contributed by atoms with Crippen molar-refractivity contribution in [2.75, 3.05) is 19.6 Å². The monoisotopic (exact) mass is 386 g/mol. The molecule has 1 aromatic rings. The molecule has 0 saturated carbocycles. The average molecular weight is 387 g/mol. The van der Waals surface area contributed by atoms with Gasteiger partial charge in [0.15, 0.2) is 0 Å². The minimum atomic E-state index is -0.175. The first-order valence-corrected chi connectivity index (χ1v) is 10.0. The number of amides is 2. The number of thiocarbonyl (C=S) groups is 1. The minimum absolute atomic E-state index is 0.0150. The SMILES string of the molecule is CC(=C\c1ccccc1)/C=C1/SC(=S)N(CC(=O)N2CCCCC2)C1=O. The van der Waals surface area contributed by atoms with Crippen molar-refractivity contribution in [3.05, 3.63) is 52.4 Å². The predicted octanol–water partition coefficient (Wildman–Crippen LogP) is 3.85. The van der Waals surface area contributed by atoms with Crippen LogP contribution in [0.5, 0.6) is 0 Å². The second-order valence-corrected chi connectivity index (χ2v) is 8.18. The molecule has 4 nitrogen and oxygen atoms in total. The van der Waals surface area contributed by atoms with Gasteiger partial charge in [-0.05, 0) is 43.4 Å². The molecular formula is C20H22N2O2S2. The summed E-state index contributed by atoms with van der Waals surface area (Å²) in [5.74, 6) is -0.190. The zero-order valence-corrected chi connectivity index (χ0v) is 16.4. The van der Waals surface area contributed by atoms with Gasteiger partial charge in [-0.1, -0.05) is 60.4 Å². The Morgan fingerprint density at radius 2 is 1.88 bits per heavy atom. The fourth-order valence-corrected chi connectivity index (χ4v) is 4.38. The Morgan fingerprint density at radius 1 is 1.19 bits per heavy atom. The van der Waals surface area contributed by atoms with Crippen molar-refractivity contribution in [2.24, 2.45) is 0 Å². The molecule has 0 spiro atoms. The summed E-state index contributed by atoms with van der Waals surface area (Å²) in [6.45, 7) is 3.56. The zero-order valence-electron chi connectivity index (χ0n) is 14.8. The summed E-state index contributed by atoms with van der Waals surface area (Å²) in [6, 6.07) is 9.95. The van der Waals surface area contributed by atoms with E-state index >= 15 is 0 Å². The van der Waals surface area contributed by atoms with Crippen LogP contribution in [-0.2, 0) is 9.59 Å². The van der Waals surface area contributed by atoms with Crippen LogP contribution >= 0.6 is 24.0 Å². The Bertz CT molecular complexity index is 765. The van der Waals surface area contributed by atoms with Gasteiger partial charge in [0.25, 0.3) is 5.91 Å². The molecule has 2 heterocycles. The number of hydrogen-bond acceptors (Lipinski definition) is 4. The molecule has 136 valence electrons. The Labute approximate surface area is 163 Å². The standard InChI is InChI=1S/C20H22N2O2S2/c1-15(12-16-8-4-2-5-9-16)13-17-19(24)22(20(25)26-17)14-18(23)21-10-6-3-7-11-21/h2,4-5,8-9,12-13H,3,6-7,10-11,14H2,1H3/b15-12+,17-13+. The maximum absolute atomic E-state index is 12.7. The van der Waals surface area contributed by atoms with E-state index in [2.05, 4.69) is 0 Å². The van der Waals surface area contributed by atoms with Crippen LogP contribution in [0.25, 0.3) is 6.08 Å². The van der Waals surface area contributed by atoms with Gasteiger partial charge in [0.1, 0.15) is 10.9 Å². The number of rotatable bonds is 4. The summed E-state index contributed by atoms with van der Waals surface area (Å²) in [5.41, 5.74) is 2.05. The van der Waals surface area contributed by atoms with E-state index in [1.165, 1.54) is 23.1 Å². The molecule has 0 aromatic heterocycles. The van der Waals surface area contributed by atoms with Gasteiger partial charge >= 0.3 is 0 Å². The molecule has 2 fully saturated rings. The van der Waals surface area contributed by atoms with Crippen molar-refractivity contribution in [1.82, 2.24) is 9.80 Å². The van der Waals surface area contributed by atoms with Gasteiger partial charge in [-0.2, -0.15) is 0 Å². The summed E-state index contributed by atoms with van der Waals surface area (Å²) in [6.07, 6.45) is 7.10. The van der Waals surface area contributed by atoms with E-state index in [0.29, 0.717) is 9.23 Å². The number of benzene rings is 1. The average Bonchev–Trinajstić information content (AvgIpc) is 2.90. The number of carbonyl (C=O) groups is 2. The molecule has 0 aliphatic carbocycles. The molecule has 3 rings (SSSR count). The van der Waals surface area contributed by atoms with Crippen LogP contribution in [0.15, 0.2) is 46.9 Å². The fourth-order valence-electron chi connectivity index (χ4n) is 3.08. The van der Waals surface area contributed by atoms with Crippen molar-refractivity contribution in [3.8, 4) is 0 Å². The van der Waals surface area contributed by atoms with Crippen molar-refractivity contribution in [2.45, 2.75) is 26.2 Å². The Balaban J connectivity index is 1.68. The van der Waals surface area contributed by atoms with Crippen LogP contribution in [0.4, 0.5) is 0 Å². The highest BCUT2D eigenvalue weighted by molar-refractivity contribution is 8.26. The number of piperidine rings is 1. The smallest absolute Gasteiger partial charge is 0.266 e. The lowest BCUT2D eigenvalue weighted by atomic mass is 10.1. The topological polar surface area (TPSA) is 40.6 Å².